The summed E-state index contributed by atoms with van der Waals surface area (Å²) in [6.45, 7) is 1.71. The summed E-state index contributed by atoms with van der Waals surface area (Å²) in [5.41, 5.74) is 1.42. The van der Waals surface area contributed by atoms with Crippen LogP contribution in [0.15, 0.2) is 6.07 Å². The van der Waals surface area contributed by atoms with Crippen LogP contribution in [0.25, 0.3) is 0 Å². The van der Waals surface area contributed by atoms with Gasteiger partial charge < -0.3 is 4.90 Å². The van der Waals surface area contributed by atoms with E-state index in [2.05, 4.69) is 6.07 Å². The predicted molar refractivity (Wildman–Crippen MR) is 75.7 cm³/mol. The number of hydrogen-bond acceptors (Lipinski definition) is 2. The average Bonchev–Trinajstić information content (AvgIpc) is 3.04. The molecule has 18 heavy (non-hydrogen) atoms. The molecule has 1 aliphatic carbocycles. The molecule has 0 N–H and O–H groups in total. The molecule has 1 fully saturated rings. The van der Waals surface area contributed by atoms with Crippen molar-refractivity contribution < 1.29 is 4.79 Å². The number of thiophene rings is 1. The van der Waals surface area contributed by atoms with E-state index in [1.807, 2.05) is 4.90 Å². The first kappa shape index (κ1) is 12.5. The minimum atomic E-state index is 0.224. The summed E-state index contributed by atoms with van der Waals surface area (Å²) in [5, 5.41) is 0. The number of fused-ring (bicyclic) bond motifs is 1. The van der Waals surface area contributed by atoms with Gasteiger partial charge in [0.1, 0.15) is 0 Å². The van der Waals surface area contributed by atoms with Gasteiger partial charge >= 0.3 is 0 Å². The molecule has 0 saturated carbocycles. The van der Waals surface area contributed by atoms with Crippen molar-refractivity contribution in [3.63, 3.8) is 0 Å². The van der Waals surface area contributed by atoms with Crippen molar-refractivity contribution in [2.45, 2.75) is 32.1 Å². The highest BCUT2D eigenvalue weighted by atomic mass is 35.5. The molecule has 0 spiro atoms. The summed E-state index contributed by atoms with van der Waals surface area (Å²) in [7, 11) is 0. The van der Waals surface area contributed by atoms with Gasteiger partial charge in [-0.3, -0.25) is 4.79 Å². The second kappa shape index (κ2) is 5.22. The number of aryl methyl sites for hydroxylation is 2. The molecule has 1 aliphatic heterocycles. The first-order chi connectivity index (χ1) is 8.78. The maximum absolute atomic E-state index is 12.4. The molecule has 1 aromatic rings. The van der Waals surface area contributed by atoms with Crippen LogP contribution in [0.4, 0.5) is 0 Å². The van der Waals surface area contributed by atoms with Gasteiger partial charge in [0.15, 0.2) is 0 Å². The molecule has 1 aromatic heterocycles. The lowest BCUT2D eigenvalue weighted by atomic mass is 9.99. The Morgan fingerprint density at radius 3 is 3.00 bits per heavy atom. The van der Waals surface area contributed by atoms with E-state index in [-0.39, 0.29) is 5.91 Å². The molecule has 1 saturated heterocycles. The number of nitrogens with zero attached hydrogens (tertiary/aromatic N) is 1. The fourth-order valence-corrected chi connectivity index (χ4v) is 4.37. The van der Waals surface area contributed by atoms with Crippen molar-refractivity contribution in [1.29, 1.82) is 0 Å². The van der Waals surface area contributed by atoms with E-state index in [9.17, 15) is 4.79 Å². The Hall–Kier alpha value is -0.540. The third-order valence-electron chi connectivity index (χ3n) is 4.00. The lowest BCUT2D eigenvalue weighted by molar-refractivity contribution is 0.0793. The Balaban J connectivity index is 1.74. The first-order valence-electron chi connectivity index (χ1n) is 6.74. The molecule has 1 atom stereocenters. The van der Waals surface area contributed by atoms with E-state index in [0.717, 1.165) is 37.2 Å². The zero-order valence-electron chi connectivity index (χ0n) is 10.5. The van der Waals surface area contributed by atoms with E-state index >= 15 is 0 Å². The van der Waals surface area contributed by atoms with Gasteiger partial charge in [-0.25, -0.2) is 0 Å². The predicted octanol–water partition coefficient (Wildman–Crippen LogP) is 3.33. The van der Waals surface area contributed by atoms with Crippen molar-refractivity contribution >= 4 is 28.8 Å². The fraction of sp³-hybridized carbons (Fsp3) is 0.643. The lowest BCUT2D eigenvalue weighted by Gasteiger charge is -2.14. The summed E-state index contributed by atoms with van der Waals surface area (Å²) < 4.78 is 0. The maximum atomic E-state index is 12.4. The molecule has 3 rings (SSSR count). The Morgan fingerprint density at radius 1 is 1.44 bits per heavy atom. The van der Waals surface area contributed by atoms with Gasteiger partial charge in [0.2, 0.25) is 0 Å². The second-order valence-electron chi connectivity index (χ2n) is 5.33. The van der Waals surface area contributed by atoms with Crippen LogP contribution in [0.2, 0.25) is 0 Å². The number of rotatable bonds is 2. The molecule has 98 valence electrons. The summed E-state index contributed by atoms with van der Waals surface area (Å²) in [5.74, 6) is 1.39. The molecule has 1 unspecified atom stereocenters. The van der Waals surface area contributed by atoms with Crippen LogP contribution in [0.3, 0.4) is 0 Å². The highest BCUT2D eigenvalue weighted by Crippen LogP contribution is 2.31. The standard InChI is InChI=1S/C14H18ClNOS/c15-8-10-5-6-16(9-10)14(17)13-7-11-3-1-2-4-12(11)18-13/h7,10H,1-6,8-9H2. The molecule has 1 amide bonds. The minimum Gasteiger partial charge on any atom is -0.338 e. The van der Waals surface area contributed by atoms with E-state index in [4.69, 9.17) is 11.6 Å². The fourth-order valence-electron chi connectivity index (χ4n) is 2.89. The van der Waals surface area contributed by atoms with Gasteiger partial charge in [0, 0.05) is 23.8 Å². The molecule has 0 radical (unpaired) electrons. The Labute approximate surface area is 117 Å². The lowest BCUT2D eigenvalue weighted by Crippen LogP contribution is -2.28. The third kappa shape index (κ3) is 2.30. The van der Waals surface area contributed by atoms with Crippen LogP contribution >= 0.6 is 22.9 Å². The van der Waals surface area contributed by atoms with Crippen molar-refractivity contribution in [2.24, 2.45) is 5.92 Å². The SMILES string of the molecule is O=C(c1cc2c(s1)CCCC2)N1CCC(CCl)C1. The van der Waals surface area contributed by atoms with Crippen LogP contribution in [0.5, 0.6) is 0 Å². The number of carbonyl (C=O) groups excluding carboxylic acids is 1. The molecular weight excluding hydrogens is 266 g/mol. The van der Waals surface area contributed by atoms with E-state index in [1.54, 1.807) is 11.3 Å². The van der Waals surface area contributed by atoms with Crippen molar-refractivity contribution in [2.75, 3.05) is 19.0 Å². The van der Waals surface area contributed by atoms with E-state index in [1.165, 1.54) is 23.3 Å². The van der Waals surface area contributed by atoms with Crippen molar-refractivity contribution in [1.82, 2.24) is 4.90 Å². The smallest absolute Gasteiger partial charge is 0.263 e. The van der Waals surface area contributed by atoms with Crippen molar-refractivity contribution in [3.8, 4) is 0 Å². The van der Waals surface area contributed by atoms with Gasteiger partial charge in [-0.15, -0.1) is 22.9 Å². The summed E-state index contributed by atoms with van der Waals surface area (Å²) in [4.78, 5) is 16.8. The Morgan fingerprint density at radius 2 is 2.28 bits per heavy atom. The normalized spacial score (nSPS) is 23.2. The van der Waals surface area contributed by atoms with Crippen LogP contribution in [0.1, 0.15) is 39.4 Å². The summed E-state index contributed by atoms with van der Waals surface area (Å²) in [6, 6.07) is 2.13. The summed E-state index contributed by atoms with van der Waals surface area (Å²) >= 11 is 7.59. The minimum absolute atomic E-state index is 0.224. The maximum Gasteiger partial charge on any atom is 0.263 e. The van der Waals surface area contributed by atoms with Crippen LogP contribution in [0, 0.1) is 5.92 Å². The monoisotopic (exact) mass is 283 g/mol. The van der Waals surface area contributed by atoms with Crippen molar-refractivity contribution in [3.05, 3.63) is 21.4 Å². The largest absolute Gasteiger partial charge is 0.338 e. The molecule has 2 aliphatic rings. The Bertz CT molecular complexity index is 433. The zero-order chi connectivity index (χ0) is 12.5. The van der Waals surface area contributed by atoms with Crippen LogP contribution in [-0.2, 0) is 12.8 Å². The van der Waals surface area contributed by atoms with Gasteiger partial charge in [-0.05, 0) is 49.7 Å². The average molecular weight is 284 g/mol. The van der Waals surface area contributed by atoms with Gasteiger partial charge in [0.25, 0.3) is 5.91 Å². The van der Waals surface area contributed by atoms with E-state index < -0.39 is 0 Å². The molecule has 0 aromatic carbocycles. The number of halogens is 1. The van der Waals surface area contributed by atoms with Crippen LogP contribution < -0.4 is 0 Å². The second-order valence-corrected chi connectivity index (χ2v) is 6.77. The molecule has 4 heteroatoms. The van der Waals surface area contributed by atoms with Crippen LogP contribution in [-0.4, -0.2) is 29.8 Å². The molecule has 2 heterocycles. The third-order valence-corrected chi connectivity index (χ3v) is 5.66. The number of amides is 1. The topological polar surface area (TPSA) is 20.3 Å². The number of carbonyl (C=O) groups is 1. The van der Waals surface area contributed by atoms with E-state index in [0.29, 0.717) is 11.8 Å². The number of hydrogen-bond donors (Lipinski definition) is 0. The first-order valence-corrected chi connectivity index (χ1v) is 8.10. The molecule has 0 bridgehead atoms. The number of alkyl halides is 1. The van der Waals surface area contributed by atoms with Gasteiger partial charge in [-0.2, -0.15) is 0 Å². The Kier molecular flexibility index (Phi) is 3.62. The quantitative estimate of drug-likeness (QED) is 0.763. The van der Waals surface area contributed by atoms with Gasteiger partial charge in [-0.1, -0.05) is 0 Å². The highest BCUT2D eigenvalue weighted by Gasteiger charge is 2.28. The van der Waals surface area contributed by atoms with Gasteiger partial charge in [0.05, 0.1) is 4.88 Å². The molecule has 2 nitrogen and oxygen atoms in total. The zero-order valence-corrected chi connectivity index (χ0v) is 12.0. The summed E-state index contributed by atoms with van der Waals surface area (Å²) in [6.07, 6.45) is 5.93. The highest BCUT2D eigenvalue weighted by molar-refractivity contribution is 7.14. The molecular formula is C14H18ClNOS. The number of likely N-dealkylation sites (tertiary alicyclic amines) is 1.